The van der Waals surface area contributed by atoms with Gasteiger partial charge in [-0.15, -0.1) is 0 Å². The second-order valence-electron chi connectivity index (χ2n) is 25.2. The van der Waals surface area contributed by atoms with Gasteiger partial charge in [0.25, 0.3) is 7.82 Å². The third-order valence-corrected chi connectivity index (χ3v) is 16.5. The van der Waals surface area contributed by atoms with Gasteiger partial charge >= 0.3 is 0 Å². The van der Waals surface area contributed by atoms with E-state index < -0.39 is 26.6 Å². The summed E-state index contributed by atoms with van der Waals surface area (Å²) in [5.74, 6) is -0.211. The standard InChI is InChI=1S/C79H137N2O6P/c1-6-8-10-12-14-16-18-20-22-24-26-28-30-32-33-34-35-36-37-38-39-40-41-42-43-44-45-46-47-49-51-53-55-57-59-61-63-65-67-69-71-73-79(83)80-77(76-87-88(84,85)86-75-74-81(3,4)5)78(82)72-70-68-66-64-62-60-58-56-54-52-50-48-31-29-27-25-23-21-19-17-15-13-11-9-7-2/h8,10,14,16,20,22,26,28,32-33,35-36,38-39,41-42,44-45,47,49,53,55,70,72,77-78,82H,6-7,9,11-13,15,17-19,21,23-25,27,29-31,34,37,40,43,46,48,50-52,54,56-69,71,73-76H2,1-5H3,(H-,80,83,84,85)/b10-8-,16-14-,22-20-,28-26-,33-32-,36-35-,39-38-,42-41-,45-44-,49-47-,55-53-,72-70+. The Kier molecular flexibility index (Phi) is 65.0. The number of amides is 1. The second-order valence-corrected chi connectivity index (χ2v) is 26.6. The van der Waals surface area contributed by atoms with Crippen LogP contribution in [-0.4, -0.2) is 68.5 Å². The summed E-state index contributed by atoms with van der Waals surface area (Å²) in [6.45, 7) is 4.54. The molecule has 0 rings (SSSR count). The smallest absolute Gasteiger partial charge is 0.268 e. The third-order valence-electron chi connectivity index (χ3n) is 15.6. The van der Waals surface area contributed by atoms with E-state index in [-0.39, 0.29) is 12.5 Å². The number of allylic oxidation sites excluding steroid dienone is 23. The second kappa shape index (κ2) is 67.8. The van der Waals surface area contributed by atoms with Gasteiger partial charge in [0.2, 0.25) is 5.91 Å². The molecule has 2 N–H and O–H groups in total. The summed E-state index contributed by atoms with van der Waals surface area (Å²) >= 11 is 0. The molecule has 0 aromatic rings. The van der Waals surface area contributed by atoms with Crippen molar-refractivity contribution < 1.29 is 32.9 Å². The molecular formula is C79H137N2O6P. The lowest BCUT2D eigenvalue weighted by Gasteiger charge is -2.29. The van der Waals surface area contributed by atoms with Crippen molar-refractivity contribution in [3.63, 3.8) is 0 Å². The molecule has 8 nitrogen and oxygen atoms in total. The first kappa shape index (κ1) is 84.4. The maximum Gasteiger partial charge on any atom is 0.268 e. The van der Waals surface area contributed by atoms with Crippen molar-refractivity contribution in [2.75, 3.05) is 40.9 Å². The lowest BCUT2D eigenvalue weighted by molar-refractivity contribution is -0.870. The number of aliphatic hydroxyl groups excluding tert-OH is 1. The fourth-order valence-electron chi connectivity index (χ4n) is 9.98. The number of likely N-dealkylation sites (N-methyl/N-ethyl adjacent to an activating group) is 1. The van der Waals surface area contributed by atoms with Gasteiger partial charge in [-0.05, 0) is 103 Å². The zero-order chi connectivity index (χ0) is 64.1. The molecule has 1 amide bonds. The molecule has 0 aliphatic rings. The number of phosphoric acid groups is 1. The van der Waals surface area contributed by atoms with Gasteiger partial charge in [0.15, 0.2) is 0 Å². The van der Waals surface area contributed by atoms with Crippen LogP contribution in [0, 0.1) is 0 Å². The minimum atomic E-state index is -4.62. The number of hydrogen-bond acceptors (Lipinski definition) is 6. The number of rotatable bonds is 65. The molecule has 0 heterocycles. The number of hydrogen-bond donors (Lipinski definition) is 2. The van der Waals surface area contributed by atoms with Gasteiger partial charge < -0.3 is 28.8 Å². The van der Waals surface area contributed by atoms with Crippen LogP contribution in [0.2, 0.25) is 0 Å². The van der Waals surface area contributed by atoms with E-state index in [1.165, 1.54) is 154 Å². The molecule has 0 fully saturated rings. The number of phosphoric ester groups is 1. The van der Waals surface area contributed by atoms with E-state index in [2.05, 4.69) is 153 Å². The van der Waals surface area contributed by atoms with E-state index in [0.29, 0.717) is 17.4 Å². The van der Waals surface area contributed by atoms with Gasteiger partial charge in [0, 0.05) is 6.42 Å². The molecule has 0 radical (unpaired) electrons. The Balaban J connectivity index is 4.15. The fraction of sp³-hybridized carbons (Fsp3) is 0.684. The Hall–Kier alpha value is -3.62. The predicted molar refractivity (Wildman–Crippen MR) is 385 cm³/mol. The summed E-state index contributed by atoms with van der Waals surface area (Å²) in [6, 6.07) is -0.905. The first-order chi connectivity index (χ1) is 43.0. The highest BCUT2D eigenvalue weighted by Gasteiger charge is 2.23. The van der Waals surface area contributed by atoms with E-state index in [4.69, 9.17) is 9.05 Å². The average Bonchev–Trinajstić information content (AvgIpc) is 3.71. The molecule has 0 aromatic heterocycles. The maximum atomic E-state index is 13.0. The van der Waals surface area contributed by atoms with Gasteiger partial charge in [0.05, 0.1) is 39.9 Å². The molecular weight excluding hydrogens is 1100 g/mol. The van der Waals surface area contributed by atoms with Crippen molar-refractivity contribution in [3.05, 3.63) is 146 Å². The maximum absolute atomic E-state index is 13.0. The Morgan fingerprint density at radius 3 is 1.01 bits per heavy atom. The molecule has 0 aromatic carbocycles. The van der Waals surface area contributed by atoms with Gasteiger partial charge in [-0.1, -0.05) is 333 Å². The van der Waals surface area contributed by atoms with Crippen LogP contribution < -0.4 is 10.2 Å². The summed E-state index contributed by atoms with van der Waals surface area (Å²) in [5, 5.41) is 14.0. The average molecular weight is 1240 g/mol. The molecule has 3 unspecified atom stereocenters. The zero-order valence-electron chi connectivity index (χ0n) is 57.6. The summed E-state index contributed by atoms with van der Waals surface area (Å²) in [4.78, 5) is 25.6. The Labute approximate surface area is 544 Å². The monoisotopic (exact) mass is 1240 g/mol. The van der Waals surface area contributed by atoms with E-state index in [9.17, 15) is 19.4 Å². The van der Waals surface area contributed by atoms with Crippen LogP contribution in [0.4, 0.5) is 0 Å². The highest BCUT2D eigenvalue weighted by molar-refractivity contribution is 7.45. The van der Waals surface area contributed by atoms with Crippen molar-refractivity contribution in [1.82, 2.24) is 5.32 Å². The van der Waals surface area contributed by atoms with Crippen LogP contribution in [0.5, 0.6) is 0 Å². The highest BCUT2D eigenvalue weighted by Crippen LogP contribution is 2.38. The molecule has 504 valence electrons. The van der Waals surface area contributed by atoms with Gasteiger partial charge in [-0.2, -0.15) is 0 Å². The lowest BCUT2D eigenvalue weighted by atomic mass is 10.0. The molecule has 0 saturated heterocycles. The normalized spacial score (nSPS) is 14.5. The number of quaternary nitrogens is 1. The van der Waals surface area contributed by atoms with Crippen molar-refractivity contribution >= 4 is 13.7 Å². The van der Waals surface area contributed by atoms with E-state index in [0.717, 1.165) is 122 Å². The van der Waals surface area contributed by atoms with E-state index >= 15 is 0 Å². The molecule has 0 aliphatic heterocycles. The van der Waals surface area contributed by atoms with Crippen molar-refractivity contribution in [3.8, 4) is 0 Å². The van der Waals surface area contributed by atoms with E-state index in [1.54, 1.807) is 6.08 Å². The van der Waals surface area contributed by atoms with Crippen LogP contribution in [-0.2, 0) is 18.4 Å². The fourth-order valence-corrected chi connectivity index (χ4v) is 10.7. The number of nitrogens with zero attached hydrogens (tertiary/aromatic N) is 1. The summed E-state index contributed by atoms with van der Waals surface area (Å²) in [6.07, 6.45) is 104. The molecule has 0 bridgehead atoms. The molecule has 88 heavy (non-hydrogen) atoms. The van der Waals surface area contributed by atoms with Crippen LogP contribution in [0.3, 0.4) is 0 Å². The number of carbonyl (C=O) groups excluding carboxylic acids is 1. The zero-order valence-corrected chi connectivity index (χ0v) is 58.5. The Bertz CT molecular complexity index is 1950. The van der Waals surface area contributed by atoms with Crippen molar-refractivity contribution in [2.24, 2.45) is 0 Å². The number of unbranched alkanes of at least 4 members (excludes halogenated alkanes) is 30. The summed E-state index contributed by atoms with van der Waals surface area (Å²) < 4.78 is 23.5. The van der Waals surface area contributed by atoms with Gasteiger partial charge in [-0.25, -0.2) is 0 Å². The first-order valence-electron chi connectivity index (χ1n) is 36.2. The Morgan fingerprint density at radius 2 is 0.693 bits per heavy atom. The number of carbonyl (C=O) groups is 1. The lowest BCUT2D eigenvalue weighted by Crippen LogP contribution is -2.45. The molecule has 0 spiro atoms. The van der Waals surface area contributed by atoms with Crippen LogP contribution in [0.1, 0.15) is 296 Å². The summed E-state index contributed by atoms with van der Waals surface area (Å²) in [7, 11) is 1.24. The Morgan fingerprint density at radius 1 is 0.409 bits per heavy atom. The van der Waals surface area contributed by atoms with E-state index in [1.807, 2.05) is 27.2 Å². The van der Waals surface area contributed by atoms with Crippen LogP contribution >= 0.6 is 7.82 Å². The SMILES string of the molecule is CC/C=C\C/C=C\C/C=C\C/C=C\C/C=C\C/C=C\C/C=C\C/C=C\C/C=C\C/C=C\C/C=C\CCCCCCCCCC(=O)NC(COP(=O)([O-])OCC[N+](C)(C)C)C(O)/C=C/CCCCCCCCCCCCCCCCCCCCCCCCC. The summed E-state index contributed by atoms with van der Waals surface area (Å²) in [5.41, 5.74) is 0. The van der Waals surface area contributed by atoms with Gasteiger partial charge in [-0.3, -0.25) is 9.36 Å². The largest absolute Gasteiger partial charge is 0.756 e. The number of aliphatic hydroxyl groups is 1. The quantitative estimate of drug-likeness (QED) is 0.0272. The minimum Gasteiger partial charge on any atom is -0.756 e. The molecule has 3 atom stereocenters. The number of nitrogens with one attached hydrogen (secondary N) is 1. The molecule has 0 aliphatic carbocycles. The topological polar surface area (TPSA) is 108 Å². The third kappa shape index (κ3) is 69.8. The first-order valence-corrected chi connectivity index (χ1v) is 37.7. The van der Waals surface area contributed by atoms with Crippen molar-refractivity contribution in [1.29, 1.82) is 0 Å². The van der Waals surface area contributed by atoms with Crippen molar-refractivity contribution in [2.45, 2.75) is 309 Å². The van der Waals surface area contributed by atoms with Gasteiger partial charge in [0.1, 0.15) is 13.2 Å². The molecule has 9 heteroatoms. The van der Waals surface area contributed by atoms with Crippen LogP contribution in [0.25, 0.3) is 0 Å². The van der Waals surface area contributed by atoms with Crippen LogP contribution in [0.15, 0.2) is 146 Å². The molecule has 0 saturated carbocycles. The minimum absolute atomic E-state index is 0.00980. The highest BCUT2D eigenvalue weighted by atomic mass is 31.2. The predicted octanol–water partition coefficient (Wildman–Crippen LogP) is 22.9.